The van der Waals surface area contributed by atoms with Crippen molar-refractivity contribution >= 4 is 33.6 Å². The van der Waals surface area contributed by atoms with Crippen molar-refractivity contribution in [3.63, 3.8) is 0 Å². The Balaban J connectivity index is 2.03. The Morgan fingerprint density at radius 2 is 1.79 bits per heavy atom. The van der Waals surface area contributed by atoms with Gasteiger partial charge in [0.05, 0.1) is 13.2 Å². The molecule has 0 spiro atoms. The van der Waals surface area contributed by atoms with Gasteiger partial charge in [-0.3, -0.25) is 4.79 Å². The van der Waals surface area contributed by atoms with Gasteiger partial charge in [-0.1, -0.05) is 15.9 Å². The molecule has 0 unspecified atom stereocenters. The smallest absolute Gasteiger partial charge is 0.248 e. The van der Waals surface area contributed by atoms with Gasteiger partial charge in [0.25, 0.3) is 0 Å². The minimum absolute atomic E-state index is 0.207. The lowest BCUT2D eigenvalue weighted by Gasteiger charge is -2.08. The molecule has 0 bridgehead atoms. The number of ether oxygens (including phenoxy) is 2. The third-order valence-corrected chi connectivity index (χ3v) is 3.61. The predicted octanol–water partition coefficient (Wildman–Crippen LogP) is 4.90. The number of nitrogens with one attached hydrogen (secondary N) is 1. The first-order valence-corrected chi connectivity index (χ1v) is 8.56. The van der Waals surface area contributed by atoms with Crippen molar-refractivity contribution in [3.8, 4) is 11.5 Å². The molecular weight excluding hydrogens is 370 g/mol. The normalized spacial score (nSPS) is 10.6. The molecule has 4 nitrogen and oxygen atoms in total. The Hall–Kier alpha value is -2.27. The fourth-order valence-corrected chi connectivity index (χ4v) is 2.47. The summed E-state index contributed by atoms with van der Waals surface area (Å²) in [6.45, 7) is 5.04. The van der Waals surface area contributed by atoms with Crippen LogP contribution in [0.25, 0.3) is 6.08 Å². The van der Waals surface area contributed by atoms with Gasteiger partial charge in [0, 0.05) is 21.8 Å². The highest BCUT2D eigenvalue weighted by Crippen LogP contribution is 2.24. The van der Waals surface area contributed by atoms with Crippen molar-refractivity contribution in [1.29, 1.82) is 0 Å². The zero-order valence-corrected chi connectivity index (χ0v) is 15.3. The van der Waals surface area contributed by atoms with E-state index in [0.29, 0.717) is 18.9 Å². The molecule has 2 aromatic carbocycles. The van der Waals surface area contributed by atoms with E-state index in [1.807, 2.05) is 56.3 Å². The zero-order valence-electron chi connectivity index (χ0n) is 13.7. The number of carbonyl (C=O) groups is 1. The second kappa shape index (κ2) is 9.13. The van der Waals surface area contributed by atoms with Gasteiger partial charge in [-0.2, -0.15) is 0 Å². The van der Waals surface area contributed by atoms with E-state index < -0.39 is 0 Å². The molecule has 0 saturated carbocycles. The van der Waals surface area contributed by atoms with Crippen molar-refractivity contribution in [3.05, 3.63) is 58.6 Å². The van der Waals surface area contributed by atoms with Gasteiger partial charge in [-0.25, -0.2) is 0 Å². The standard InChI is InChI=1S/C19H20BrNO3/c1-3-23-17-9-7-16(8-10-17)21-19(22)12-5-14-13-15(20)6-11-18(14)24-4-2/h5-13H,3-4H2,1-2H3,(H,21,22). The van der Waals surface area contributed by atoms with Gasteiger partial charge in [0.1, 0.15) is 11.5 Å². The summed E-state index contributed by atoms with van der Waals surface area (Å²) in [5, 5.41) is 2.81. The number of amides is 1. The maximum absolute atomic E-state index is 12.1. The van der Waals surface area contributed by atoms with Crippen LogP contribution in [0, 0.1) is 0 Å². The zero-order chi connectivity index (χ0) is 17.4. The molecule has 126 valence electrons. The van der Waals surface area contributed by atoms with Crippen molar-refractivity contribution in [2.75, 3.05) is 18.5 Å². The van der Waals surface area contributed by atoms with Crippen LogP contribution in [0.5, 0.6) is 11.5 Å². The van der Waals surface area contributed by atoms with Crippen LogP contribution in [0.1, 0.15) is 19.4 Å². The largest absolute Gasteiger partial charge is 0.494 e. The van der Waals surface area contributed by atoms with E-state index in [4.69, 9.17) is 9.47 Å². The van der Waals surface area contributed by atoms with Gasteiger partial charge in [0.2, 0.25) is 5.91 Å². The Kier molecular flexibility index (Phi) is 6.88. The molecular formula is C19H20BrNO3. The lowest BCUT2D eigenvalue weighted by atomic mass is 10.2. The van der Waals surface area contributed by atoms with Crippen molar-refractivity contribution in [2.45, 2.75) is 13.8 Å². The molecule has 0 radical (unpaired) electrons. The van der Waals surface area contributed by atoms with Crippen LogP contribution in [0.15, 0.2) is 53.0 Å². The van der Waals surface area contributed by atoms with Crippen molar-refractivity contribution in [1.82, 2.24) is 0 Å². The molecule has 0 aliphatic heterocycles. The molecule has 0 aliphatic carbocycles. The summed E-state index contributed by atoms with van der Waals surface area (Å²) < 4.78 is 11.9. The van der Waals surface area contributed by atoms with Crippen molar-refractivity contribution in [2.24, 2.45) is 0 Å². The average Bonchev–Trinajstić information content (AvgIpc) is 2.57. The van der Waals surface area contributed by atoms with Crippen LogP contribution >= 0.6 is 15.9 Å². The molecule has 0 aromatic heterocycles. The number of carbonyl (C=O) groups excluding carboxylic acids is 1. The first-order chi connectivity index (χ1) is 11.6. The van der Waals surface area contributed by atoms with E-state index in [1.165, 1.54) is 6.08 Å². The Morgan fingerprint density at radius 1 is 1.08 bits per heavy atom. The third-order valence-electron chi connectivity index (χ3n) is 3.12. The van der Waals surface area contributed by atoms with Crippen LogP contribution in [-0.4, -0.2) is 19.1 Å². The molecule has 2 aromatic rings. The molecule has 0 atom stereocenters. The highest BCUT2D eigenvalue weighted by molar-refractivity contribution is 9.10. The first kappa shape index (κ1) is 18.1. The molecule has 24 heavy (non-hydrogen) atoms. The first-order valence-electron chi connectivity index (χ1n) is 7.76. The summed E-state index contributed by atoms with van der Waals surface area (Å²) in [4.78, 5) is 12.1. The van der Waals surface area contributed by atoms with Crippen molar-refractivity contribution < 1.29 is 14.3 Å². The van der Waals surface area contributed by atoms with Crippen LogP contribution in [0.2, 0.25) is 0 Å². The predicted molar refractivity (Wildman–Crippen MR) is 101 cm³/mol. The molecule has 0 aliphatic rings. The van der Waals surface area contributed by atoms with E-state index in [0.717, 1.165) is 21.5 Å². The second-order valence-corrected chi connectivity index (χ2v) is 5.81. The number of halogens is 1. The highest BCUT2D eigenvalue weighted by atomic mass is 79.9. The average molecular weight is 390 g/mol. The summed E-state index contributed by atoms with van der Waals surface area (Å²) in [6.07, 6.45) is 3.22. The van der Waals surface area contributed by atoms with Crippen LogP contribution in [0.3, 0.4) is 0 Å². The summed E-state index contributed by atoms with van der Waals surface area (Å²) in [5.74, 6) is 1.31. The van der Waals surface area contributed by atoms with Gasteiger partial charge in [-0.05, 0) is 62.4 Å². The monoisotopic (exact) mass is 389 g/mol. The van der Waals surface area contributed by atoms with E-state index in [9.17, 15) is 4.79 Å². The van der Waals surface area contributed by atoms with E-state index in [-0.39, 0.29) is 5.91 Å². The van der Waals surface area contributed by atoms with Gasteiger partial charge >= 0.3 is 0 Å². The SMILES string of the molecule is CCOc1ccc(NC(=O)C=Cc2cc(Br)ccc2OCC)cc1. The van der Waals surface area contributed by atoms with Gasteiger partial charge < -0.3 is 14.8 Å². The molecule has 0 heterocycles. The van der Waals surface area contributed by atoms with E-state index in [2.05, 4.69) is 21.2 Å². The van der Waals surface area contributed by atoms with E-state index >= 15 is 0 Å². The quantitative estimate of drug-likeness (QED) is 0.685. The molecule has 0 fully saturated rings. The topological polar surface area (TPSA) is 47.6 Å². The Bertz CT molecular complexity index is 711. The molecule has 1 N–H and O–H groups in total. The Morgan fingerprint density at radius 3 is 2.46 bits per heavy atom. The number of benzene rings is 2. The second-order valence-electron chi connectivity index (χ2n) is 4.90. The molecule has 1 amide bonds. The molecule has 0 saturated heterocycles. The fourth-order valence-electron chi connectivity index (χ4n) is 2.09. The fraction of sp³-hybridized carbons (Fsp3) is 0.211. The minimum Gasteiger partial charge on any atom is -0.494 e. The maximum Gasteiger partial charge on any atom is 0.248 e. The van der Waals surface area contributed by atoms with Crippen LogP contribution < -0.4 is 14.8 Å². The van der Waals surface area contributed by atoms with Crippen LogP contribution in [-0.2, 0) is 4.79 Å². The number of rotatable bonds is 7. The highest BCUT2D eigenvalue weighted by Gasteiger charge is 2.03. The summed E-state index contributed by atoms with van der Waals surface area (Å²) in [5.41, 5.74) is 1.56. The lowest BCUT2D eigenvalue weighted by Crippen LogP contribution is -2.07. The summed E-state index contributed by atoms with van der Waals surface area (Å²) in [6, 6.07) is 12.9. The number of hydrogen-bond acceptors (Lipinski definition) is 3. The lowest BCUT2D eigenvalue weighted by molar-refractivity contribution is -0.111. The summed E-state index contributed by atoms with van der Waals surface area (Å²) >= 11 is 3.43. The van der Waals surface area contributed by atoms with E-state index in [1.54, 1.807) is 6.08 Å². The van der Waals surface area contributed by atoms with Gasteiger partial charge in [-0.15, -0.1) is 0 Å². The maximum atomic E-state index is 12.1. The molecule has 2 rings (SSSR count). The third kappa shape index (κ3) is 5.42. The number of hydrogen-bond donors (Lipinski definition) is 1. The number of anilines is 1. The minimum atomic E-state index is -0.207. The molecule has 5 heteroatoms. The summed E-state index contributed by atoms with van der Waals surface area (Å²) in [7, 11) is 0. The van der Waals surface area contributed by atoms with Gasteiger partial charge in [0.15, 0.2) is 0 Å². The Labute approximate surface area is 150 Å². The van der Waals surface area contributed by atoms with Crippen LogP contribution in [0.4, 0.5) is 5.69 Å².